The molecule has 0 aliphatic carbocycles. The van der Waals surface area contributed by atoms with Crippen LogP contribution in [-0.4, -0.2) is 44.2 Å². The van der Waals surface area contributed by atoms with Gasteiger partial charge in [-0.3, -0.25) is 0 Å². The number of carbonyl (C=O) groups is 1. The van der Waals surface area contributed by atoms with Gasteiger partial charge in [0.2, 0.25) is 0 Å². The Hall–Kier alpha value is -2.37. The van der Waals surface area contributed by atoms with Gasteiger partial charge in [-0.05, 0) is 74.6 Å². The maximum Gasteiger partial charge on any atom is 0.534 e. The number of methoxy groups -OCH3 is 1. The van der Waals surface area contributed by atoms with Crippen molar-refractivity contribution in [2.45, 2.75) is 50.8 Å². The predicted molar refractivity (Wildman–Crippen MR) is 128 cm³/mol. The van der Waals surface area contributed by atoms with Gasteiger partial charge >= 0.3 is 21.7 Å². The van der Waals surface area contributed by atoms with E-state index in [-0.39, 0.29) is 23.7 Å². The number of carbonyl (C=O) groups excluding carboxylic acids is 1. The van der Waals surface area contributed by atoms with E-state index in [0.29, 0.717) is 28.1 Å². The lowest BCUT2D eigenvalue weighted by molar-refractivity contribution is -0.0500. The summed E-state index contributed by atoms with van der Waals surface area (Å²) in [4.78, 5) is 14.5. The summed E-state index contributed by atoms with van der Waals surface area (Å²) in [5.41, 5.74) is -4.74. The summed E-state index contributed by atoms with van der Waals surface area (Å²) >= 11 is 12.2. The highest BCUT2D eigenvalue weighted by atomic mass is 35.5. The Labute approximate surface area is 217 Å². The van der Waals surface area contributed by atoms with E-state index in [4.69, 9.17) is 32.7 Å². The summed E-state index contributed by atoms with van der Waals surface area (Å²) in [5.74, 6) is -0.848. The summed E-state index contributed by atoms with van der Waals surface area (Å²) < 4.78 is 77.5. The van der Waals surface area contributed by atoms with Crippen molar-refractivity contribution in [1.82, 2.24) is 4.90 Å². The first-order valence-electron chi connectivity index (χ1n) is 10.7. The zero-order valence-electron chi connectivity index (χ0n) is 19.8. The van der Waals surface area contributed by atoms with E-state index in [2.05, 4.69) is 4.18 Å². The fraction of sp³-hybridized carbons (Fsp3) is 0.435. The molecule has 36 heavy (non-hydrogen) atoms. The molecule has 0 saturated heterocycles. The van der Waals surface area contributed by atoms with E-state index in [9.17, 15) is 26.4 Å². The molecule has 2 aromatic carbocycles. The summed E-state index contributed by atoms with van der Waals surface area (Å²) in [6.07, 6.45) is -0.143. The lowest BCUT2D eigenvalue weighted by Gasteiger charge is -2.38. The van der Waals surface area contributed by atoms with Gasteiger partial charge in [-0.2, -0.15) is 21.6 Å². The molecule has 13 heteroatoms. The van der Waals surface area contributed by atoms with E-state index in [0.717, 1.165) is 6.07 Å². The molecule has 3 rings (SSSR count). The van der Waals surface area contributed by atoms with Crippen LogP contribution >= 0.6 is 23.2 Å². The molecule has 0 N–H and O–H groups in total. The average Bonchev–Trinajstić information content (AvgIpc) is 2.74. The number of hydrogen-bond donors (Lipinski definition) is 0. The average molecular weight is 570 g/mol. The van der Waals surface area contributed by atoms with Crippen molar-refractivity contribution in [2.75, 3.05) is 13.7 Å². The summed E-state index contributed by atoms with van der Waals surface area (Å²) in [7, 11) is -4.79. The highest BCUT2D eigenvalue weighted by Crippen LogP contribution is 2.42. The van der Waals surface area contributed by atoms with Crippen molar-refractivity contribution < 1.29 is 40.0 Å². The first kappa shape index (κ1) is 28.2. The molecule has 1 aliphatic heterocycles. The molecular weight excluding hydrogens is 546 g/mol. The molecular formula is C23H24Cl2F3NO6S. The number of halogens is 5. The summed E-state index contributed by atoms with van der Waals surface area (Å²) in [6.45, 7) is 5.35. The number of alkyl halides is 3. The number of rotatable bonds is 5. The molecule has 0 radical (unpaired) electrons. The van der Waals surface area contributed by atoms with Crippen molar-refractivity contribution in [3.8, 4) is 11.5 Å². The third-order valence-electron chi connectivity index (χ3n) is 5.31. The zero-order chi connectivity index (χ0) is 27.1. The van der Waals surface area contributed by atoms with Gasteiger partial charge in [0, 0.05) is 6.54 Å². The van der Waals surface area contributed by atoms with Gasteiger partial charge in [0.1, 0.15) is 5.60 Å². The van der Waals surface area contributed by atoms with Gasteiger partial charge in [-0.15, -0.1) is 0 Å². The van der Waals surface area contributed by atoms with Crippen LogP contribution in [0.5, 0.6) is 11.5 Å². The van der Waals surface area contributed by atoms with Gasteiger partial charge in [0.05, 0.1) is 23.2 Å². The number of nitrogens with zero attached hydrogens (tertiary/aromatic N) is 1. The van der Waals surface area contributed by atoms with E-state index in [1.807, 2.05) is 0 Å². The van der Waals surface area contributed by atoms with Crippen LogP contribution in [0.2, 0.25) is 10.0 Å². The van der Waals surface area contributed by atoms with Crippen molar-refractivity contribution >= 4 is 39.4 Å². The smallest absolute Gasteiger partial charge is 0.493 e. The molecule has 198 valence electrons. The normalized spacial score (nSPS) is 16.4. The lowest BCUT2D eigenvalue weighted by Crippen LogP contribution is -2.43. The number of hydrogen-bond acceptors (Lipinski definition) is 6. The van der Waals surface area contributed by atoms with Gasteiger partial charge in [0.15, 0.2) is 11.5 Å². The largest absolute Gasteiger partial charge is 0.534 e. The van der Waals surface area contributed by atoms with Gasteiger partial charge in [-0.1, -0.05) is 29.3 Å². The fourth-order valence-corrected chi connectivity index (χ4v) is 4.53. The van der Waals surface area contributed by atoms with Crippen LogP contribution in [0.4, 0.5) is 18.0 Å². The van der Waals surface area contributed by atoms with Crippen molar-refractivity contribution in [3.63, 3.8) is 0 Å². The topological polar surface area (TPSA) is 82.1 Å². The first-order chi connectivity index (χ1) is 16.5. The third-order valence-corrected chi connectivity index (χ3v) is 7.01. The minimum atomic E-state index is -5.97. The molecule has 7 nitrogen and oxygen atoms in total. The molecule has 1 heterocycles. The molecule has 1 aliphatic rings. The van der Waals surface area contributed by atoms with Gasteiger partial charge in [0.25, 0.3) is 0 Å². The second-order valence-corrected chi connectivity index (χ2v) is 11.4. The molecule has 0 bridgehead atoms. The molecule has 0 fully saturated rings. The molecule has 1 unspecified atom stereocenters. The third kappa shape index (κ3) is 6.30. The maximum atomic E-state index is 13.1. The van der Waals surface area contributed by atoms with E-state index >= 15 is 0 Å². The van der Waals surface area contributed by atoms with Crippen molar-refractivity contribution in [1.29, 1.82) is 0 Å². The summed E-state index contributed by atoms with van der Waals surface area (Å²) in [5, 5.41) is 0.607. The molecule has 0 saturated carbocycles. The predicted octanol–water partition coefficient (Wildman–Crippen LogP) is 6.31. The maximum absolute atomic E-state index is 13.1. The quantitative estimate of drug-likeness (QED) is 0.310. The molecule has 2 aromatic rings. The monoisotopic (exact) mass is 569 g/mol. The van der Waals surface area contributed by atoms with E-state index < -0.39 is 39.1 Å². The van der Waals surface area contributed by atoms with Gasteiger partial charge in [-0.25, -0.2) is 4.79 Å². The highest BCUT2D eigenvalue weighted by molar-refractivity contribution is 7.88. The molecule has 0 spiro atoms. The van der Waals surface area contributed by atoms with Crippen LogP contribution in [0.1, 0.15) is 43.5 Å². The molecule has 1 amide bonds. The van der Waals surface area contributed by atoms with Crippen LogP contribution in [0.15, 0.2) is 30.3 Å². The highest BCUT2D eigenvalue weighted by Gasteiger charge is 2.49. The Morgan fingerprint density at radius 3 is 2.31 bits per heavy atom. The van der Waals surface area contributed by atoms with E-state index in [1.54, 1.807) is 39.0 Å². The van der Waals surface area contributed by atoms with Crippen LogP contribution in [0.3, 0.4) is 0 Å². The van der Waals surface area contributed by atoms with E-state index in [1.165, 1.54) is 18.1 Å². The number of fused-ring (bicyclic) bond motifs is 1. The van der Waals surface area contributed by atoms with Crippen LogP contribution in [0, 0.1) is 0 Å². The SMILES string of the molecule is COc1cc2c(cc1OS(=O)(=O)C(F)(F)F)C(Cc1ccc(Cl)c(Cl)c1)N(C(=O)OC(C)(C)C)CC2. The number of amides is 1. The molecule has 0 aromatic heterocycles. The van der Waals surface area contributed by atoms with Crippen LogP contribution in [0.25, 0.3) is 0 Å². The van der Waals surface area contributed by atoms with Gasteiger partial charge < -0.3 is 18.6 Å². The van der Waals surface area contributed by atoms with Crippen molar-refractivity contribution in [3.05, 3.63) is 57.1 Å². The minimum absolute atomic E-state index is 0.181. The summed E-state index contributed by atoms with van der Waals surface area (Å²) in [6, 6.07) is 6.70. The Kier molecular flexibility index (Phi) is 7.98. The second kappa shape index (κ2) is 10.2. The Bertz CT molecular complexity index is 1260. The number of benzene rings is 2. The zero-order valence-corrected chi connectivity index (χ0v) is 22.1. The Morgan fingerprint density at radius 1 is 1.08 bits per heavy atom. The first-order valence-corrected chi connectivity index (χ1v) is 12.8. The Balaban J connectivity index is 2.12. The minimum Gasteiger partial charge on any atom is -0.493 e. The Morgan fingerprint density at radius 2 is 1.75 bits per heavy atom. The number of ether oxygens (including phenoxy) is 2. The fourth-order valence-electron chi connectivity index (χ4n) is 3.75. The standard InChI is InChI=1S/C23H24Cl2F3NO6S/c1-22(2,3)34-21(30)29-8-7-14-11-19(33-4)20(35-36(31,32)23(26,27)28)12-15(14)18(29)10-13-5-6-16(24)17(25)9-13/h5-6,9,11-12,18H,7-8,10H2,1-4H3. The second-order valence-electron chi connectivity index (χ2n) is 9.08. The van der Waals surface area contributed by atoms with Crippen LogP contribution in [-0.2, 0) is 27.7 Å². The van der Waals surface area contributed by atoms with Crippen LogP contribution < -0.4 is 8.92 Å². The lowest BCUT2D eigenvalue weighted by atomic mass is 9.88. The molecule has 1 atom stereocenters. The van der Waals surface area contributed by atoms with Crippen molar-refractivity contribution in [2.24, 2.45) is 0 Å².